The minimum atomic E-state index is 0.653. The standard InChI is InChI=1S/C13H30N2/c1-6-7-8-9-15(5)13(4)11-14-10-12(2)3/h12-14H,6-11H2,1-5H3. The third-order valence-electron chi connectivity index (χ3n) is 2.86. The molecular weight excluding hydrogens is 184 g/mol. The summed E-state index contributed by atoms with van der Waals surface area (Å²) in [5, 5.41) is 3.51. The van der Waals surface area contributed by atoms with E-state index >= 15 is 0 Å². The Morgan fingerprint density at radius 1 is 1.07 bits per heavy atom. The molecule has 0 aliphatic heterocycles. The summed E-state index contributed by atoms with van der Waals surface area (Å²) in [7, 11) is 2.23. The van der Waals surface area contributed by atoms with Crippen LogP contribution >= 0.6 is 0 Å². The summed E-state index contributed by atoms with van der Waals surface area (Å²) in [5.74, 6) is 0.752. The van der Waals surface area contributed by atoms with Gasteiger partial charge in [-0.3, -0.25) is 0 Å². The number of nitrogens with one attached hydrogen (secondary N) is 1. The summed E-state index contributed by atoms with van der Waals surface area (Å²) in [6.07, 6.45) is 4.01. The lowest BCUT2D eigenvalue weighted by Crippen LogP contribution is -2.39. The minimum absolute atomic E-state index is 0.653. The molecule has 0 fully saturated rings. The fourth-order valence-corrected chi connectivity index (χ4v) is 1.57. The second kappa shape index (κ2) is 9.17. The highest BCUT2D eigenvalue weighted by Gasteiger charge is 2.07. The molecule has 0 bridgehead atoms. The Hall–Kier alpha value is -0.0800. The zero-order valence-electron chi connectivity index (χ0n) is 11.3. The van der Waals surface area contributed by atoms with Gasteiger partial charge in [-0.2, -0.15) is 0 Å². The van der Waals surface area contributed by atoms with Crippen molar-refractivity contribution in [2.24, 2.45) is 5.92 Å². The van der Waals surface area contributed by atoms with Gasteiger partial charge in [0.1, 0.15) is 0 Å². The predicted molar refractivity (Wildman–Crippen MR) is 69.3 cm³/mol. The van der Waals surface area contributed by atoms with Crippen LogP contribution in [0.4, 0.5) is 0 Å². The van der Waals surface area contributed by atoms with Crippen molar-refractivity contribution in [3.05, 3.63) is 0 Å². The lowest BCUT2D eigenvalue weighted by Gasteiger charge is -2.25. The van der Waals surface area contributed by atoms with Crippen LogP contribution in [0.3, 0.4) is 0 Å². The van der Waals surface area contributed by atoms with E-state index in [1.807, 2.05) is 0 Å². The zero-order valence-corrected chi connectivity index (χ0v) is 11.3. The molecule has 1 N–H and O–H groups in total. The molecule has 92 valence electrons. The summed E-state index contributed by atoms with van der Waals surface area (Å²) in [6, 6.07) is 0.653. The molecule has 0 amide bonds. The third-order valence-corrected chi connectivity index (χ3v) is 2.86. The fourth-order valence-electron chi connectivity index (χ4n) is 1.57. The molecule has 0 aliphatic carbocycles. The molecule has 0 spiro atoms. The van der Waals surface area contributed by atoms with Gasteiger partial charge in [0.15, 0.2) is 0 Å². The first-order valence-corrected chi connectivity index (χ1v) is 6.48. The lowest BCUT2D eigenvalue weighted by atomic mass is 10.2. The van der Waals surface area contributed by atoms with Crippen LogP contribution in [-0.4, -0.2) is 37.6 Å². The lowest BCUT2D eigenvalue weighted by molar-refractivity contribution is 0.244. The topological polar surface area (TPSA) is 15.3 Å². The van der Waals surface area contributed by atoms with E-state index in [9.17, 15) is 0 Å². The van der Waals surface area contributed by atoms with E-state index in [0.29, 0.717) is 6.04 Å². The maximum absolute atomic E-state index is 3.51. The Bertz CT molecular complexity index is 134. The number of nitrogens with zero attached hydrogens (tertiary/aromatic N) is 1. The van der Waals surface area contributed by atoms with Crippen LogP contribution in [0.5, 0.6) is 0 Å². The summed E-state index contributed by atoms with van der Waals surface area (Å²) >= 11 is 0. The van der Waals surface area contributed by atoms with Crippen LogP contribution < -0.4 is 5.32 Å². The van der Waals surface area contributed by atoms with Crippen LogP contribution in [-0.2, 0) is 0 Å². The van der Waals surface area contributed by atoms with Crippen LogP contribution in [0.15, 0.2) is 0 Å². The van der Waals surface area contributed by atoms with Crippen molar-refractivity contribution in [3.63, 3.8) is 0 Å². The van der Waals surface area contributed by atoms with Crippen LogP contribution in [0.25, 0.3) is 0 Å². The van der Waals surface area contributed by atoms with Crippen molar-refractivity contribution >= 4 is 0 Å². The number of rotatable bonds is 9. The Morgan fingerprint density at radius 3 is 2.27 bits per heavy atom. The summed E-state index contributed by atoms with van der Waals surface area (Å²) in [4.78, 5) is 2.46. The molecule has 0 aromatic rings. The largest absolute Gasteiger partial charge is 0.315 e. The second-order valence-electron chi connectivity index (χ2n) is 5.09. The van der Waals surface area contributed by atoms with Crippen LogP contribution in [0, 0.1) is 5.92 Å². The van der Waals surface area contributed by atoms with Crippen molar-refractivity contribution < 1.29 is 0 Å². The normalized spacial score (nSPS) is 13.8. The van der Waals surface area contributed by atoms with Crippen molar-refractivity contribution in [3.8, 4) is 0 Å². The number of likely N-dealkylation sites (N-methyl/N-ethyl adjacent to an activating group) is 1. The monoisotopic (exact) mass is 214 g/mol. The van der Waals surface area contributed by atoms with E-state index in [1.54, 1.807) is 0 Å². The van der Waals surface area contributed by atoms with E-state index in [2.05, 4.69) is 45.0 Å². The van der Waals surface area contributed by atoms with Gasteiger partial charge in [-0.25, -0.2) is 0 Å². The van der Waals surface area contributed by atoms with Gasteiger partial charge in [0.05, 0.1) is 0 Å². The number of hydrogen-bond acceptors (Lipinski definition) is 2. The van der Waals surface area contributed by atoms with E-state index in [4.69, 9.17) is 0 Å². The average Bonchev–Trinajstić information content (AvgIpc) is 2.17. The summed E-state index contributed by atoms with van der Waals surface area (Å²) < 4.78 is 0. The third kappa shape index (κ3) is 8.88. The molecule has 15 heavy (non-hydrogen) atoms. The van der Waals surface area contributed by atoms with Crippen LogP contribution in [0.2, 0.25) is 0 Å². The van der Waals surface area contributed by atoms with Gasteiger partial charge in [0.25, 0.3) is 0 Å². The zero-order chi connectivity index (χ0) is 11.7. The first-order chi connectivity index (χ1) is 7.07. The Morgan fingerprint density at radius 2 is 1.73 bits per heavy atom. The SMILES string of the molecule is CCCCCN(C)C(C)CNCC(C)C. The summed E-state index contributed by atoms with van der Waals surface area (Å²) in [6.45, 7) is 12.5. The molecule has 0 aliphatic rings. The van der Waals surface area contributed by atoms with E-state index in [0.717, 1.165) is 19.0 Å². The highest BCUT2D eigenvalue weighted by Crippen LogP contribution is 2.00. The molecule has 0 radical (unpaired) electrons. The molecule has 0 heterocycles. The molecule has 2 nitrogen and oxygen atoms in total. The van der Waals surface area contributed by atoms with Gasteiger partial charge in [0.2, 0.25) is 0 Å². The second-order valence-corrected chi connectivity index (χ2v) is 5.09. The number of unbranched alkanes of at least 4 members (excludes halogenated alkanes) is 2. The molecule has 0 aromatic carbocycles. The maximum atomic E-state index is 3.51. The molecule has 0 rings (SSSR count). The predicted octanol–water partition coefficient (Wildman–Crippen LogP) is 2.74. The molecule has 1 atom stereocenters. The highest BCUT2D eigenvalue weighted by molar-refractivity contribution is 4.66. The Labute approximate surface area is 96.4 Å². The van der Waals surface area contributed by atoms with E-state index < -0.39 is 0 Å². The van der Waals surface area contributed by atoms with Crippen LogP contribution in [0.1, 0.15) is 47.0 Å². The molecule has 0 saturated carbocycles. The average molecular weight is 214 g/mol. The molecule has 1 unspecified atom stereocenters. The molecular formula is C13H30N2. The molecule has 2 heteroatoms. The first kappa shape index (κ1) is 14.9. The summed E-state index contributed by atoms with van der Waals surface area (Å²) in [5.41, 5.74) is 0. The van der Waals surface area contributed by atoms with Gasteiger partial charge < -0.3 is 10.2 Å². The van der Waals surface area contributed by atoms with Crippen molar-refractivity contribution in [2.45, 2.75) is 53.0 Å². The van der Waals surface area contributed by atoms with Crippen molar-refractivity contribution in [1.82, 2.24) is 10.2 Å². The fraction of sp³-hybridized carbons (Fsp3) is 1.00. The Balaban J connectivity index is 3.46. The van der Waals surface area contributed by atoms with Crippen molar-refractivity contribution in [1.29, 1.82) is 0 Å². The highest BCUT2D eigenvalue weighted by atomic mass is 15.1. The first-order valence-electron chi connectivity index (χ1n) is 6.48. The van der Waals surface area contributed by atoms with Gasteiger partial charge in [-0.05, 0) is 39.4 Å². The molecule has 0 saturated heterocycles. The van der Waals surface area contributed by atoms with Gasteiger partial charge in [-0.1, -0.05) is 33.6 Å². The minimum Gasteiger partial charge on any atom is -0.315 e. The quantitative estimate of drug-likeness (QED) is 0.594. The number of hydrogen-bond donors (Lipinski definition) is 1. The van der Waals surface area contributed by atoms with Gasteiger partial charge in [0, 0.05) is 12.6 Å². The van der Waals surface area contributed by atoms with E-state index in [-0.39, 0.29) is 0 Å². The van der Waals surface area contributed by atoms with Gasteiger partial charge in [-0.15, -0.1) is 0 Å². The maximum Gasteiger partial charge on any atom is 0.0189 e. The smallest absolute Gasteiger partial charge is 0.0189 e. The molecule has 0 aromatic heterocycles. The Kier molecular flexibility index (Phi) is 9.12. The van der Waals surface area contributed by atoms with E-state index in [1.165, 1.54) is 25.8 Å². The van der Waals surface area contributed by atoms with Gasteiger partial charge >= 0.3 is 0 Å². The van der Waals surface area contributed by atoms with Crippen molar-refractivity contribution in [2.75, 3.05) is 26.7 Å².